The molecule has 0 radical (unpaired) electrons. The van der Waals surface area contributed by atoms with Gasteiger partial charge in [-0.05, 0) is 43.7 Å². The first-order chi connectivity index (χ1) is 10.0. The lowest BCUT2D eigenvalue weighted by molar-refractivity contribution is 0.0963. The number of benzene rings is 1. The number of piperidine rings is 1. The Bertz CT molecular complexity index is 578. The molecule has 7 heteroatoms. The normalized spacial score (nSPS) is 19.2. The first-order valence-electron chi connectivity index (χ1n) is 7.08. The molecule has 1 aromatic carbocycles. The van der Waals surface area contributed by atoms with Crippen LogP contribution in [0.15, 0.2) is 29.2 Å². The maximum Gasteiger partial charge on any atom is 0.251 e. The molecule has 2 rings (SSSR count). The Morgan fingerprint density at radius 3 is 2.57 bits per heavy atom. The molecule has 1 aromatic rings. The van der Waals surface area contributed by atoms with Crippen molar-refractivity contribution in [1.82, 2.24) is 15.4 Å². The Hall–Kier alpha value is -1.44. The minimum atomic E-state index is -3.53. The molecule has 1 unspecified atom stereocenters. The van der Waals surface area contributed by atoms with Crippen LogP contribution in [0.2, 0.25) is 0 Å². The zero-order valence-corrected chi connectivity index (χ0v) is 12.9. The number of nitrogens with one attached hydrogen (secondary N) is 3. The molecule has 1 heterocycles. The molecule has 3 N–H and O–H groups in total. The number of hydrogen-bond donors (Lipinski definition) is 3. The minimum absolute atomic E-state index is 0.172. The second kappa shape index (κ2) is 7.02. The zero-order chi connectivity index (χ0) is 15.3. The fourth-order valence-electron chi connectivity index (χ4n) is 2.32. The average molecular weight is 311 g/mol. The summed E-state index contributed by atoms with van der Waals surface area (Å²) in [5.41, 5.74) is 0.436. The van der Waals surface area contributed by atoms with Crippen LogP contribution in [-0.2, 0) is 10.0 Å². The number of hydrogen-bond acceptors (Lipinski definition) is 4. The van der Waals surface area contributed by atoms with Gasteiger partial charge in [0.25, 0.3) is 5.91 Å². The second-order valence-electron chi connectivity index (χ2n) is 5.10. The molecule has 21 heavy (non-hydrogen) atoms. The lowest BCUT2D eigenvalue weighted by atomic mass is 10.1. The van der Waals surface area contributed by atoms with Crippen LogP contribution in [0.3, 0.4) is 0 Å². The standard InChI is InChI=1S/C14H21N3O3S/c1-15-14(18)11-5-7-13(8-6-11)21(19,20)17-10-12-4-2-3-9-16-12/h5-8,12,16-17H,2-4,9-10H2,1H3,(H,15,18). The van der Waals surface area contributed by atoms with E-state index in [2.05, 4.69) is 15.4 Å². The molecule has 0 aliphatic carbocycles. The van der Waals surface area contributed by atoms with Crippen molar-refractivity contribution in [2.24, 2.45) is 0 Å². The molecule has 6 nitrogen and oxygen atoms in total. The topological polar surface area (TPSA) is 87.3 Å². The number of amides is 1. The summed E-state index contributed by atoms with van der Waals surface area (Å²) >= 11 is 0. The molecule has 1 aliphatic rings. The lowest BCUT2D eigenvalue weighted by Crippen LogP contribution is -2.43. The Labute approximate surface area is 125 Å². The van der Waals surface area contributed by atoms with Gasteiger partial charge in [0.1, 0.15) is 0 Å². The van der Waals surface area contributed by atoms with Crippen LogP contribution in [0.25, 0.3) is 0 Å². The molecule has 0 aromatic heterocycles. The van der Waals surface area contributed by atoms with E-state index in [1.54, 1.807) is 0 Å². The SMILES string of the molecule is CNC(=O)c1ccc(S(=O)(=O)NCC2CCCCN2)cc1. The van der Waals surface area contributed by atoms with E-state index in [0.29, 0.717) is 12.1 Å². The van der Waals surface area contributed by atoms with Crippen molar-refractivity contribution in [3.8, 4) is 0 Å². The van der Waals surface area contributed by atoms with Gasteiger partial charge in [0.05, 0.1) is 4.90 Å². The third-order valence-electron chi connectivity index (χ3n) is 3.59. The van der Waals surface area contributed by atoms with E-state index in [1.807, 2.05) is 0 Å². The fourth-order valence-corrected chi connectivity index (χ4v) is 3.40. The monoisotopic (exact) mass is 311 g/mol. The van der Waals surface area contributed by atoms with Crippen molar-refractivity contribution in [2.75, 3.05) is 20.1 Å². The van der Waals surface area contributed by atoms with E-state index in [9.17, 15) is 13.2 Å². The van der Waals surface area contributed by atoms with Gasteiger partial charge in [-0.2, -0.15) is 0 Å². The second-order valence-corrected chi connectivity index (χ2v) is 6.87. The van der Waals surface area contributed by atoms with Gasteiger partial charge in [-0.25, -0.2) is 13.1 Å². The Morgan fingerprint density at radius 2 is 2.00 bits per heavy atom. The molecule has 1 fully saturated rings. The summed E-state index contributed by atoms with van der Waals surface area (Å²) in [5, 5.41) is 5.79. The average Bonchev–Trinajstić information content (AvgIpc) is 2.53. The van der Waals surface area contributed by atoms with Gasteiger partial charge >= 0.3 is 0 Å². The van der Waals surface area contributed by atoms with Crippen molar-refractivity contribution in [1.29, 1.82) is 0 Å². The molecule has 1 aliphatic heterocycles. The van der Waals surface area contributed by atoms with Crippen molar-refractivity contribution in [3.63, 3.8) is 0 Å². The third kappa shape index (κ3) is 4.26. The first-order valence-corrected chi connectivity index (χ1v) is 8.56. The smallest absolute Gasteiger partial charge is 0.251 e. The Kier molecular flexibility index (Phi) is 5.33. The van der Waals surface area contributed by atoms with Gasteiger partial charge < -0.3 is 10.6 Å². The van der Waals surface area contributed by atoms with Crippen molar-refractivity contribution >= 4 is 15.9 Å². The molecule has 0 spiro atoms. The molecule has 0 bridgehead atoms. The number of rotatable bonds is 5. The first kappa shape index (κ1) is 15.9. The van der Waals surface area contributed by atoms with Crippen molar-refractivity contribution in [3.05, 3.63) is 29.8 Å². The van der Waals surface area contributed by atoms with Crippen LogP contribution in [-0.4, -0.2) is 40.5 Å². The molecule has 116 valence electrons. The van der Waals surface area contributed by atoms with Crippen LogP contribution < -0.4 is 15.4 Å². The summed E-state index contributed by atoms with van der Waals surface area (Å²) in [5.74, 6) is -0.238. The summed E-state index contributed by atoms with van der Waals surface area (Å²) in [6.45, 7) is 1.33. The van der Waals surface area contributed by atoms with Gasteiger partial charge in [0, 0.05) is 25.2 Å². The lowest BCUT2D eigenvalue weighted by Gasteiger charge is -2.23. The van der Waals surface area contributed by atoms with E-state index in [4.69, 9.17) is 0 Å². The predicted octanol–water partition coefficient (Wildman–Crippen LogP) is 0.467. The summed E-state index contributed by atoms with van der Waals surface area (Å²) in [4.78, 5) is 11.6. The fraction of sp³-hybridized carbons (Fsp3) is 0.500. The van der Waals surface area contributed by atoms with Crippen LogP contribution >= 0.6 is 0 Å². The zero-order valence-electron chi connectivity index (χ0n) is 12.1. The van der Waals surface area contributed by atoms with Crippen molar-refractivity contribution < 1.29 is 13.2 Å². The van der Waals surface area contributed by atoms with Gasteiger partial charge in [0.15, 0.2) is 0 Å². The van der Waals surface area contributed by atoms with Gasteiger partial charge in [-0.1, -0.05) is 6.42 Å². The Balaban J connectivity index is 1.99. The molecular weight excluding hydrogens is 290 g/mol. The van der Waals surface area contributed by atoms with E-state index < -0.39 is 10.0 Å². The molecular formula is C14H21N3O3S. The summed E-state index contributed by atoms with van der Waals surface area (Å²) in [7, 11) is -2.00. The molecule has 0 saturated carbocycles. The van der Waals surface area contributed by atoms with Crippen LogP contribution in [0, 0.1) is 0 Å². The summed E-state index contributed by atoms with van der Waals surface area (Å²) in [6.07, 6.45) is 3.25. The molecule has 1 amide bonds. The van der Waals surface area contributed by atoms with Gasteiger partial charge in [0.2, 0.25) is 10.0 Å². The van der Waals surface area contributed by atoms with Crippen LogP contribution in [0.4, 0.5) is 0 Å². The number of carbonyl (C=O) groups is 1. The van der Waals surface area contributed by atoms with E-state index >= 15 is 0 Å². The largest absolute Gasteiger partial charge is 0.355 e. The highest BCUT2D eigenvalue weighted by atomic mass is 32.2. The van der Waals surface area contributed by atoms with Gasteiger partial charge in [-0.15, -0.1) is 0 Å². The van der Waals surface area contributed by atoms with E-state index in [1.165, 1.54) is 31.3 Å². The van der Waals surface area contributed by atoms with E-state index in [0.717, 1.165) is 25.8 Å². The quantitative estimate of drug-likeness (QED) is 0.737. The maximum atomic E-state index is 12.2. The predicted molar refractivity (Wildman–Crippen MR) is 80.7 cm³/mol. The van der Waals surface area contributed by atoms with E-state index in [-0.39, 0.29) is 16.8 Å². The summed E-state index contributed by atoms with van der Waals surface area (Å²) in [6, 6.07) is 6.10. The molecule has 1 saturated heterocycles. The number of sulfonamides is 1. The highest BCUT2D eigenvalue weighted by molar-refractivity contribution is 7.89. The maximum absolute atomic E-state index is 12.2. The third-order valence-corrected chi connectivity index (χ3v) is 5.03. The van der Waals surface area contributed by atoms with Crippen molar-refractivity contribution in [2.45, 2.75) is 30.2 Å². The molecule has 1 atom stereocenters. The van der Waals surface area contributed by atoms with Crippen LogP contribution in [0.1, 0.15) is 29.6 Å². The number of carbonyl (C=O) groups excluding carboxylic acids is 1. The Morgan fingerprint density at radius 1 is 1.29 bits per heavy atom. The van der Waals surface area contributed by atoms with Crippen LogP contribution in [0.5, 0.6) is 0 Å². The minimum Gasteiger partial charge on any atom is -0.355 e. The highest BCUT2D eigenvalue weighted by Crippen LogP contribution is 2.12. The van der Waals surface area contributed by atoms with Gasteiger partial charge in [-0.3, -0.25) is 4.79 Å². The highest BCUT2D eigenvalue weighted by Gasteiger charge is 2.18. The summed E-state index contributed by atoms with van der Waals surface area (Å²) < 4.78 is 27.0.